The van der Waals surface area contributed by atoms with Gasteiger partial charge in [-0.2, -0.15) is 4.72 Å². The molecule has 1 aliphatic carbocycles. The molecule has 0 aromatic heterocycles. The summed E-state index contributed by atoms with van der Waals surface area (Å²) < 4.78 is 33.9. The Morgan fingerprint density at radius 1 is 1.03 bits per heavy atom. The molecule has 0 saturated heterocycles. The minimum Gasteiger partial charge on any atom is -0.494 e. The van der Waals surface area contributed by atoms with Crippen molar-refractivity contribution in [3.63, 3.8) is 0 Å². The van der Waals surface area contributed by atoms with E-state index >= 15 is 0 Å². The van der Waals surface area contributed by atoms with Crippen LogP contribution in [-0.4, -0.2) is 33.0 Å². The van der Waals surface area contributed by atoms with E-state index in [0.717, 1.165) is 31.2 Å². The highest BCUT2D eigenvalue weighted by Gasteiger charge is 2.28. The lowest BCUT2D eigenvalue weighted by Crippen LogP contribution is -2.50. The van der Waals surface area contributed by atoms with E-state index in [-0.39, 0.29) is 23.3 Å². The summed E-state index contributed by atoms with van der Waals surface area (Å²) in [6, 6.07) is 14.9. The van der Waals surface area contributed by atoms with Crippen LogP contribution in [0, 0.1) is 0 Å². The number of amides is 1. The summed E-state index contributed by atoms with van der Waals surface area (Å²) in [7, 11) is -3.86. The smallest absolute Gasteiger partial charge is 0.241 e. The van der Waals surface area contributed by atoms with Crippen LogP contribution in [0.25, 0.3) is 0 Å². The summed E-state index contributed by atoms with van der Waals surface area (Å²) in [6.45, 7) is 2.37. The predicted molar refractivity (Wildman–Crippen MR) is 117 cm³/mol. The third-order valence-electron chi connectivity index (χ3n) is 5.29. The second-order valence-corrected chi connectivity index (χ2v) is 9.33. The Labute approximate surface area is 179 Å². The van der Waals surface area contributed by atoms with Crippen molar-refractivity contribution >= 4 is 15.9 Å². The van der Waals surface area contributed by atoms with E-state index in [0.29, 0.717) is 12.4 Å². The Balaban J connectivity index is 1.76. The van der Waals surface area contributed by atoms with Crippen LogP contribution in [-0.2, 0) is 21.2 Å². The Morgan fingerprint density at radius 3 is 2.33 bits per heavy atom. The first-order valence-corrected chi connectivity index (χ1v) is 12.1. The molecule has 1 amide bonds. The van der Waals surface area contributed by atoms with Gasteiger partial charge in [0.1, 0.15) is 11.8 Å². The molecule has 162 valence electrons. The molecule has 2 aromatic carbocycles. The lowest BCUT2D eigenvalue weighted by Gasteiger charge is -2.26. The molecule has 7 heteroatoms. The molecule has 30 heavy (non-hydrogen) atoms. The van der Waals surface area contributed by atoms with E-state index < -0.39 is 16.1 Å². The molecule has 2 aromatic rings. The van der Waals surface area contributed by atoms with Gasteiger partial charge >= 0.3 is 0 Å². The first-order chi connectivity index (χ1) is 14.5. The van der Waals surface area contributed by atoms with Gasteiger partial charge in [-0.15, -0.1) is 0 Å². The Kier molecular flexibility index (Phi) is 7.87. The maximum absolute atomic E-state index is 13.0. The number of benzene rings is 2. The maximum atomic E-state index is 13.0. The zero-order chi connectivity index (χ0) is 21.4. The number of hydrogen-bond donors (Lipinski definition) is 2. The van der Waals surface area contributed by atoms with E-state index in [1.807, 2.05) is 37.3 Å². The Hall–Kier alpha value is -2.38. The van der Waals surface area contributed by atoms with Gasteiger partial charge in [0.15, 0.2) is 0 Å². The normalized spacial score (nSPS) is 16.0. The zero-order valence-electron chi connectivity index (χ0n) is 17.3. The van der Waals surface area contributed by atoms with Crippen LogP contribution >= 0.6 is 0 Å². The molecule has 0 aliphatic heterocycles. The highest BCUT2D eigenvalue weighted by atomic mass is 32.2. The van der Waals surface area contributed by atoms with Crippen LogP contribution in [0.4, 0.5) is 0 Å². The summed E-state index contributed by atoms with van der Waals surface area (Å²) >= 11 is 0. The molecule has 0 unspecified atom stereocenters. The second kappa shape index (κ2) is 10.6. The second-order valence-electron chi connectivity index (χ2n) is 7.61. The SMILES string of the molecule is CCOc1ccc(S(=O)(=O)N[C@H](Cc2ccccc2)C(=O)NC2CCCCC2)cc1. The zero-order valence-corrected chi connectivity index (χ0v) is 18.2. The van der Waals surface area contributed by atoms with Crippen molar-refractivity contribution in [2.45, 2.75) is 62.4 Å². The fourth-order valence-electron chi connectivity index (χ4n) is 3.72. The lowest BCUT2D eigenvalue weighted by atomic mass is 9.95. The molecular formula is C23H30N2O4S. The van der Waals surface area contributed by atoms with Gasteiger partial charge < -0.3 is 10.1 Å². The van der Waals surface area contributed by atoms with Crippen molar-refractivity contribution in [3.8, 4) is 5.75 Å². The van der Waals surface area contributed by atoms with Crippen molar-refractivity contribution in [3.05, 3.63) is 60.2 Å². The average Bonchev–Trinajstić information content (AvgIpc) is 2.75. The molecule has 1 atom stereocenters. The first-order valence-electron chi connectivity index (χ1n) is 10.6. The summed E-state index contributed by atoms with van der Waals surface area (Å²) in [5.41, 5.74) is 0.899. The van der Waals surface area contributed by atoms with Gasteiger partial charge in [-0.25, -0.2) is 8.42 Å². The minimum absolute atomic E-state index is 0.106. The molecule has 0 spiro atoms. The molecule has 0 radical (unpaired) electrons. The lowest BCUT2D eigenvalue weighted by molar-refractivity contribution is -0.123. The summed E-state index contributed by atoms with van der Waals surface area (Å²) in [6.07, 6.45) is 5.53. The van der Waals surface area contributed by atoms with Gasteiger partial charge in [-0.05, 0) is 56.0 Å². The third-order valence-corrected chi connectivity index (χ3v) is 6.78. The van der Waals surface area contributed by atoms with Gasteiger partial charge in [-0.3, -0.25) is 4.79 Å². The number of rotatable bonds is 9. The number of sulfonamides is 1. The van der Waals surface area contributed by atoms with Gasteiger partial charge in [0.2, 0.25) is 15.9 Å². The van der Waals surface area contributed by atoms with E-state index in [2.05, 4.69) is 10.0 Å². The molecule has 1 aliphatic rings. The van der Waals surface area contributed by atoms with Crippen molar-refractivity contribution in [2.24, 2.45) is 0 Å². The van der Waals surface area contributed by atoms with Gasteiger partial charge in [0.25, 0.3) is 0 Å². The predicted octanol–water partition coefficient (Wildman–Crippen LogP) is 3.42. The first kappa shape index (κ1) is 22.3. The van der Waals surface area contributed by atoms with Crippen LogP contribution < -0.4 is 14.8 Å². The van der Waals surface area contributed by atoms with Crippen molar-refractivity contribution in [1.29, 1.82) is 0 Å². The number of ether oxygens (including phenoxy) is 1. The van der Waals surface area contributed by atoms with E-state index in [4.69, 9.17) is 4.74 Å². The van der Waals surface area contributed by atoms with Gasteiger partial charge in [-0.1, -0.05) is 49.6 Å². The summed E-state index contributed by atoms with van der Waals surface area (Å²) in [5.74, 6) is 0.326. The van der Waals surface area contributed by atoms with E-state index in [1.165, 1.54) is 18.6 Å². The van der Waals surface area contributed by atoms with Crippen LogP contribution in [0.5, 0.6) is 5.75 Å². The van der Waals surface area contributed by atoms with E-state index in [9.17, 15) is 13.2 Å². The van der Waals surface area contributed by atoms with Crippen LogP contribution in [0.2, 0.25) is 0 Å². The van der Waals surface area contributed by atoms with E-state index in [1.54, 1.807) is 12.1 Å². The van der Waals surface area contributed by atoms with Crippen LogP contribution in [0.15, 0.2) is 59.5 Å². The topological polar surface area (TPSA) is 84.5 Å². The fraction of sp³-hybridized carbons (Fsp3) is 0.435. The van der Waals surface area contributed by atoms with Crippen LogP contribution in [0.3, 0.4) is 0 Å². The number of hydrogen-bond acceptors (Lipinski definition) is 4. The molecule has 0 bridgehead atoms. The quantitative estimate of drug-likeness (QED) is 0.638. The Morgan fingerprint density at radius 2 is 1.70 bits per heavy atom. The Bertz CT molecular complexity index is 908. The van der Waals surface area contributed by atoms with Crippen molar-refractivity contribution in [2.75, 3.05) is 6.61 Å². The highest BCUT2D eigenvalue weighted by Crippen LogP contribution is 2.19. The van der Waals surface area contributed by atoms with Crippen LogP contribution in [0.1, 0.15) is 44.6 Å². The summed E-state index contributed by atoms with van der Waals surface area (Å²) in [5, 5.41) is 3.05. The van der Waals surface area contributed by atoms with Gasteiger partial charge in [0.05, 0.1) is 11.5 Å². The highest BCUT2D eigenvalue weighted by molar-refractivity contribution is 7.89. The average molecular weight is 431 g/mol. The van der Waals surface area contributed by atoms with Crippen molar-refractivity contribution < 1.29 is 17.9 Å². The molecule has 3 rings (SSSR count). The number of carbonyl (C=O) groups is 1. The molecular weight excluding hydrogens is 400 g/mol. The van der Waals surface area contributed by atoms with Gasteiger partial charge in [0, 0.05) is 6.04 Å². The number of nitrogens with one attached hydrogen (secondary N) is 2. The number of carbonyl (C=O) groups excluding carboxylic acids is 1. The molecule has 1 fully saturated rings. The standard InChI is InChI=1S/C23H30N2O4S/c1-2-29-20-13-15-21(16-14-20)30(27,28)25-22(17-18-9-5-3-6-10-18)23(26)24-19-11-7-4-8-12-19/h3,5-6,9-10,13-16,19,22,25H,2,4,7-8,11-12,17H2,1H3,(H,24,26)/t22-/m1/s1. The monoisotopic (exact) mass is 430 g/mol. The van der Waals surface area contributed by atoms with Crippen molar-refractivity contribution in [1.82, 2.24) is 10.0 Å². The molecule has 1 saturated carbocycles. The molecule has 6 nitrogen and oxygen atoms in total. The summed E-state index contributed by atoms with van der Waals surface area (Å²) in [4.78, 5) is 13.1. The minimum atomic E-state index is -3.86. The third kappa shape index (κ3) is 6.31. The largest absolute Gasteiger partial charge is 0.494 e. The molecule has 0 heterocycles. The molecule has 2 N–H and O–H groups in total. The fourth-order valence-corrected chi connectivity index (χ4v) is 4.92. The maximum Gasteiger partial charge on any atom is 0.241 e.